The van der Waals surface area contributed by atoms with Gasteiger partial charge in [-0.3, -0.25) is 20.9 Å². The number of hydrazine groups is 1. The Bertz CT molecular complexity index is 481. The van der Waals surface area contributed by atoms with E-state index in [1.54, 1.807) is 6.33 Å². The lowest BCUT2D eigenvalue weighted by Gasteiger charge is -2.15. The van der Waals surface area contributed by atoms with Crippen molar-refractivity contribution in [1.29, 1.82) is 0 Å². The summed E-state index contributed by atoms with van der Waals surface area (Å²) in [6, 6.07) is 6.13. The highest BCUT2D eigenvalue weighted by Gasteiger charge is 2.12. The van der Waals surface area contributed by atoms with Gasteiger partial charge >= 0.3 is 0 Å². The van der Waals surface area contributed by atoms with Crippen molar-refractivity contribution in [3.63, 3.8) is 0 Å². The lowest BCUT2D eigenvalue weighted by atomic mass is 10.1. The van der Waals surface area contributed by atoms with Gasteiger partial charge in [0.05, 0.1) is 0 Å². The Labute approximate surface area is 113 Å². The van der Waals surface area contributed by atoms with Crippen LogP contribution in [-0.4, -0.2) is 25.8 Å². The molecule has 0 spiro atoms. The van der Waals surface area contributed by atoms with Gasteiger partial charge in [0, 0.05) is 30.9 Å². The summed E-state index contributed by atoms with van der Waals surface area (Å²) in [6.45, 7) is 2.88. The van der Waals surface area contributed by atoms with Gasteiger partial charge in [-0.1, -0.05) is 6.07 Å². The molecular formula is C13H20N6. The molecule has 0 aliphatic rings. The molecule has 0 amide bonds. The minimum absolute atomic E-state index is 0.177. The molecule has 0 aliphatic heterocycles. The fraction of sp³-hybridized carbons (Fsp3) is 0.462. The quantitative estimate of drug-likeness (QED) is 0.566. The van der Waals surface area contributed by atoms with Crippen LogP contribution in [-0.2, 0) is 19.4 Å². The van der Waals surface area contributed by atoms with Crippen molar-refractivity contribution in [2.24, 2.45) is 5.84 Å². The van der Waals surface area contributed by atoms with Crippen molar-refractivity contribution < 1.29 is 0 Å². The van der Waals surface area contributed by atoms with Crippen LogP contribution < -0.4 is 11.3 Å². The van der Waals surface area contributed by atoms with E-state index in [1.165, 1.54) is 0 Å². The van der Waals surface area contributed by atoms with Crippen LogP contribution in [0.4, 0.5) is 0 Å². The zero-order valence-corrected chi connectivity index (χ0v) is 11.2. The van der Waals surface area contributed by atoms with Crippen LogP contribution in [0, 0.1) is 0 Å². The lowest BCUT2D eigenvalue weighted by molar-refractivity contribution is 0.464. The van der Waals surface area contributed by atoms with E-state index in [0.717, 1.165) is 37.3 Å². The van der Waals surface area contributed by atoms with Crippen LogP contribution >= 0.6 is 0 Å². The first kappa shape index (κ1) is 13.6. The van der Waals surface area contributed by atoms with Crippen molar-refractivity contribution in [3.05, 3.63) is 42.2 Å². The summed E-state index contributed by atoms with van der Waals surface area (Å²) >= 11 is 0. The van der Waals surface area contributed by atoms with Crippen molar-refractivity contribution in [2.45, 2.75) is 38.8 Å². The third kappa shape index (κ3) is 3.84. The number of nitrogens with two attached hydrogens (primary N) is 1. The number of aromatic nitrogens is 4. The van der Waals surface area contributed by atoms with Crippen molar-refractivity contribution in [3.8, 4) is 0 Å². The molecule has 6 nitrogen and oxygen atoms in total. The summed E-state index contributed by atoms with van der Waals surface area (Å²) in [4.78, 5) is 8.58. The van der Waals surface area contributed by atoms with Crippen molar-refractivity contribution in [2.75, 3.05) is 0 Å². The SMILES string of the molecule is CCn1ncnc1CC(CCc1ccccn1)NN. The molecule has 3 N–H and O–H groups in total. The number of hydrogen-bond donors (Lipinski definition) is 2. The molecule has 0 aliphatic carbocycles. The molecule has 0 saturated carbocycles. The van der Waals surface area contributed by atoms with Gasteiger partial charge in [0.15, 0.2) is 0 Å². The maximum atomic E-state index is 5.62. The molecule has 0 radical (unpaired) electrons. The first-order chi connectivity index (χ1) is 9.33. The average Bonchev–Trinajstić information content (AvgIpc) is 2.91. The highest BCUT2D eigenvalue weighted by molar-refractivity contribution is 5.04. The standard InChI is InChI=1S/C13H20N6/c1-2-19-13(16-10-17-19)9-12(18-14)7-6-11-5-3-4-8-15-11/h3-5,8,10,12,18H,2,6-7,9,14H2,1H3. The molecule has 6 heteroatoms. The zero-order chi connectivity index (χ0) is 13.5. The summed E-state index contributed by atoms with van der Waals surface area (Å²) in [5, 5.41) is 4.16. The van der Waals surface area contributed by atoms with Gasteiger partial charge in [-0.15, -0.1) is 0 Å². The summed E-state index contributed by atoms with van der Waals surface area (Å²) in [5.74, 6) is 6.58. The third-order valence-corrected chi connectivity index (χ3v) is 3.14. The Morgan fingerprint density at radius 2 is 2.26 bits per heavy atom. The molecular weight excluding hydrogens is 240 g/mol. The molecule has 19 heavy (non-hydrogen) atoms. The number of nitrogens with zero attached hydrogens (tertiary/aromatic N) is 4. The van der Waals surface area contributed by atoms with Crippen LogP contribution in [0.5, 0.6) is 0 Å². The Morgan fingerprint density at radius 1 is 1.37 bits per heavy atom. The van der Waals surface area contributed by atoms with Gasteiger partial charge in [0.1, 0.15) is 12.2 Å². The summed E-state index contributed by atoms with van der Waals surface area (Å²) in [6.07, 6.45) is 6.00. The normalized spacial score (nSPS) is 12.5. The monoisotopic (exact) mass is 260 g/mol. The van der Waals surface area contributed by atoms with Gasteiger partial charge < -0.3 is 0 Å². The van der Waals surface area contributed by atoms with Gasteiger partial charge in [-0.05, 0) is 31.9 Å². The van der Waals surface area contributed by atoms with E-state index in [4.69, 9.17) is 5.84 Å². The topological polar surface area (TPSA) is 81.7 Å². The Morgan fingerprint density at radius 3 is 2.95 bits per heavy atom. The maximum Gasteiger partial charge on any atom is 0.138 e. The van der Waals surface area contributed by atoms with Crippen LogP contribution in [0.15, 0.2) is 30.7 Å². The first-order valence-corrected chi connectivity index (χ1v) is 6.56. The number of rotatable bonds is 7. The van der Waals surface area contributed by atoms with E-state index in [1.807, 2.05) is 29.1 Å². The van der Waals surface area contributed by atoms with E-state index in [-0.39, 0.29) is 6.04 Å². The van der Waals surface area contributed by atoms with E-state index >= 15 is 0 Å². The molecule has 1 atom stereocenters. The molecule has 2 aromatic rings. The predicted octanol–water partition coefficient (Wildman–Crippen LogP) is 0.700. The van der Waals surface area contributed by atoms with Crippen LogP contribution in [0.3, 0.4) is 0 Å². The Hall–Kier alpha value is -1.79. The molecule has 0 aromatic carbocycles. The minimum atomic E-state index is 0.177. The molecule has 2 rings (SSSR count). The maximum absolute atomic E-state index is 5.62. The van der Waals surface area contributed by atoms with Crippen LogP contribution in [0.25, 0.3) is 0 Å². The summed E-state index contributed by atoms with van der Waals surface area (Å²) < 4.78 is 1.89. The number of nitrogens with one attached hydrogen (secondary N) is 1. The average molecular weight is 260 g/mol. The first-order valence-electron chi connectivity index (χ1n) is 6.56. The highest BCUT2D eigenvalue weighted by Crippen LogP contribution is 2.06. The van der Waals surface area contributed by atoms with Gasteiger partial charge in [0.2, 0.25) is 0 Å². The minimum Gasteiger partial charge on any atom is -0.271 e. The van der Waals surface area contributed by atoms with Crippen LogP contribution in [0.1, 0.15) is 24.9 Å². The smallest absolute Gasteiger partial charge is 0.138 e. The Kier molecular flexibility index (Phi) is 5.00. The molecule has 0 saturated heterocycles. The lowest BCUT2D eigenvalue weighted by Crippen LogP contribution is -2.38. The molecule has 2 heterocycles. The third-order valence-electron chi connectivity index (χ3n) is 3.14. The van der Waals surface area contributed by atoms with E-state index in [2.05, 4.69) is 27.4 Å². The summed E-state index contributed by atoms with van der Waals surface area (Å²) in [5.41, 5.74) is 3.94. The van der Waals surface area contributed by atoms with E-state index in [9.17, 15) is 0 Å². The fourth-order valence-electron chi connectivity index (χ4n) is 2.04. The van der Waals surface area contributed by atoms with E-state index < -0.39 is 0 Å². The summed E-state index contributed by atoms with van der Waals surface area (Å²) in [7, 11) is 0. The second-order valence-corrected chi connectivity index (χ2v) is 4.42. The zero-order valence-electron chi connectivity index (χ0n) is 11.2. The van der Waals surface area contributed by atoms with Crippen LogP contribution in [0.2, 0.25) is 0 Å². The van der Waals surface area contributed by atoms with Gasteiger partial charge in [-0.25, -0.2) is 4.98 Å². The number of aryl methyl sites for hydroxylation is 2. The molecule has 0 fully saturated rings. The fourth-order valence-corrected chi connectivity index (χ4v) is 2.04. The largest absolute Gasteiger partial charge is 0.271 e. The molecule has 2 aromatic heterocycles. The number of pyridine rings is 1. The highest BCUT2D eigenvalue weighted by atomic mass is 15.3. The second kappa shape index (κ2) is 6.96. The van der Waals surface area contributed by atoms with Crippen molar-refractivity contribution in [1.82, 2.24) is 25.2 Å². The Balaban J connectivity index is 1.90. The van der Waals surface area contributed by atoms with Gasteiger partial charge in [-0.2, -0.15) is 5.10 Å². The molecule has 102 valence electrons. The molecule has 0 bridgehead atoms. The second-order valence-electron chi connectivity index (χ2n) is 4.42. The van der Waals surface area contributed by atoms with Crippen molar-refractivity contribution >= 4 is 0 Å². The molecule has 1 unspecified atom stereocenters. The predicted molar refractivity (Wildman–Crippen MR) is 73.1 cm³/mol. The van der Waals surface area contributed by atoms with Gasteiger partial charge in [0.25, 0.3) is 0 Å². The number of hydrogen-bond acceptors (Lipinski definition) is 5. The van der Waals surface area contributed by atoms with E-state index in [0.29, 0.717) is 0 Å².